The fourth-order valence-electron chi connectivity index (χ4n) is 3.00. The van der Waals surface area contributed by atoms with E-state index >= 15 is 0 Å². The molecular weight excluding hydrogens is 208 g/mol. The molecule has 1 heteroatoms. The summed E-state index contributed by atoms with van der Waals surface area (Å²) >= 11 is 0. The first-order valence-corrected chi connectivity index (χ1v) is 7.82. The molecule has 1 rings (SSSR count). The van der Waals surface area contributed by atoms with Crippen LogP contribution in [0.4, 0.5) is 0 Å². The summed E-state index contributed by atoms with van der Waals surface area (Å²) in [5.41, 5.74) is 0. The minimum absolute atomic E-state index is 0.389. The number of rotatable bonds is 9. The Morgan fingerprint density at radius 2 is 1.47 bits per heavy atom. The van der Waals surface area contributed by atoms with E-state index in [1.807, 2.05) is 0 Å². The maximum absolute atomic E-state index is 10.7. The summed E-state index contributed by atoms with van der Waals surface area (Å²) in [5.74, 6) is 1.32. The van der Waals surface area contributed by atoms with Gasteiger partial charge >= 0.3 is 0 Å². The minimum Gasteiger partial charge on any atom is -0.303 e. The van der Waals surface area contributed by atoms with Crippen LogP contribution >= 0.6 is 0 Å². The molecule has 0 aromatic heterocycles. The molecule has 0 N–H and O–H groups in total. The van der Waals surface area contributed by atoms with E-state index in [1.165, 1.54) is 70.5 Å². The van der Waals surface area contributed by atoms with Crippen molar-refractivity contribution in [3.05, 3.63) is 0 Å². The molecule has 0 atom stereocenters. The normalized spacial score (nSPS) is 24.8. The summed E-state index contributed by atoms with van der Waals surface area (Å²) in [6, 6.07) is 0. The van der Waals surface area contributed by atoms with Crippen LogP contribution in [0.3, 0.4) is 0 Å². The lowest BCUT2D eigenvalue weighted by Crippen LogP contribution is -2.15. The van der Waals surface area contributed by atoms with Crippen LogP contribution in [0.15, 0.2) is 0 Å². The van der Waals surface area contributed by atoms with Crippen LogP contribution < -0.4 is 0 Å². The van der Waals surface area contributed by atoms with Crippen LogP contribution in [-0.4, -0.2) is 6.29 Å². The summed E-state index contributed by atoms with van der Waals surface area (Å²) in [6.07, 6.45) is 17.4. The highest BCUT2D eigenvalue weighted by Gasteiger charge is 2.19. The van der Waals surface area contributed by atoms with Crippen molar-refractivity contribution in [2.75, 3.05) is 0 Å². The zero-order valence-corrected chi connectivity index (χ0v) is 11.6. The Balaban J connectivity index is 1.88. The summed E-state index contributed by atoms with van der Waals surface area (Å²) < 4.78 is 0. The van der Waals surface area contributed by atoms with Gasteiger partial charge in [-0.25, -0.2) is 0 Å². The van der Waals surface area contributed by atoms with Gasteiger partial charge in [0.1, 0.15) is 6.29 Å². The van der Waals surface area contributed by atoms with Crippen molar-refractivity contribution in [3.8, 4) is 0 Å². The molecule has 0 bridgehead atoms. The first-order chi connectivity index (χ1) is 8.36. The third-order valence-electron chi connectivity index (χ3n) is 4.30. The number of hydrogen-bond acceptors (Lipinski definition) is 1. The molecule has 0 aliphatic heterocycles. The molecule has 1 nitrogen and oxygen atoms in total. The average molecular weight is 238 g/mol. The fraction of sp³-hybridized carbons (Fsp3) is 0.938. The lowest BCUT2D eigenvalue weighted by Gasteiger charge is -2.25. The molecule has 0 amide bonds. The number of aldehydes is 1. The SMILES string of the molecule is CCCCCCCCCC1CCC(C=O)CC1. The topological polar surface area (TPSA) is 17.1 Å². The molecule has 0 heterocycles. The van der Waals surface area contributed by atoms with Gasteiger partial charge in [-0.15, -0.1) is 0 Å². The number of hydrogen-bond donors (Lipinski definition) is 0. The standard InChI is InChI=1S/C16H30O/c1-2-3-4-5-6-7-8-9-15-10-12-16(14-17)13-11-15/h14-16H,2-13H2,1H3. The van der Waals surface area contributed by atoms with Crippen LogP contribution in [0.1, 0.15) is 84.0 Å². The van der Waals surface area contributed by atoms with Crippen molar-refractivity contribution in [2.45, 2.75) is 84.0 Å². The monoisotopic (exact) mass is 238 g/mol. The molecule has 1 aliphatic carbocycles. The average Bonchev–Trinajstić information content (AvgIpc) is 2.38. The summed E-state index contributed by atoms with van der Waals surface area (Å²) in [5, 5.41) is 0. The maximum Gasteiger partial charge on any atom is 0.123 e. The quantitative estimate of drug-likeness (QED) is 0.402. The Hall–Kier alpha value is -0.330. The van der Waals surface area contributed by atoms with Crippen LogP contribution in [0.2, 0.25) is 0 Å². The highest BCUT2D eigenvalue weighted by atomic mass is 16.1. The lowest BCUT2D eigenvalue weighted by molar-refractivity contribution is -0.112. The van der Waals surface area contributed by atoms with Gasteiger partial charge in [-0.2, -0.15) is 0 Å². The second kappa shape index (κ2) is 9.67. The third-order valence-corrected chi connectivity index (χ3v) is 4.30. The van der Waals surface area contributed by atoms with Gasteiger partial charge in [0.15, 0.2) is 0 Å². The largest absolute Gasteiger partial charge is 0.303 e. The van der Waals surface area contributed by atoms with Gasteiger partial charge in [-0.05, 0) is 31.6 Å². The molecular formula is C16H30O. The maximum atomic E-state index is 10.7. The molecule has 1 aliphatic rings. The molecule has 0 unspecified atom stereocenters. The molecule has 0 saturated heterocycles. The van der Waals surface area contributed by atoms with Crippen molar-refractivity contribution in [2.24, 2.45) is 11.8 Å². The van der Waals surface area contributed by atoms with Crippen molar-refractivity contribution < 1.29 is 4.79 Å². The third kappa shape index (κ3) is 6.85. The summed E-state index contributed by atoms with van der Waals surface area (Å²) in [7, 11) is 0. The van der Waals surface area contributed by atoms with E-state index in [9.17, 15) is 4.79 Å². The summed E-state index contributed by atoms with van der Waals surface area (Å²) in [4.78, 5) is 10.7. The van der Waals surface area contributed by atoms with Gasteiger partial charge in [0.05, 0.1) is 0 Å². The van der Waals surface area contributed by atoms with Gasteiger partial charge in [0, 0.05) is 5.92 Å². The molecule has 17 heavy (non-hydrogen) atoms. The Bertz CT molecular complexity index is 180. The molecule has 0 aromatic carbocycles. The van der Waals surface area contributed by atoms with Gasteiger partial charge in [-0.1, -0.05) is 58.3 Å². The molecule has 0 radical (unpaired) electrons. The zero-order valence-electron chi connectivity index (χ0n) is 11.6. The van der Waals surface area contributed by atoms with Crippen molar-refractivity contribution in [3.63, 3.8) is 0 Å². The van der Waals surface area contributed by atoms with E-state index in [1.54, 1.807) is 0 Å². The Morgan fingerprint density at radius 1 is 0.882 bits per heavy atom. The van der Waals surface area contributed by atoms with Gasteiger partial charge in [0.25, 0.3) is 0 Å². The van der Waals surface area contributed by atoms with Gasteiger partial charge in [-0.3, -0.25) is 0 Å². The van der Waals surface area contributed by atoms with Crippen molar-refractivity contribution >= 4 is 6.29 Å². The van der Waals surface area contributed by atoms with E-state index in [-0.39, 0.29) is 0 Å². The second-order valence-corrected chi connectivity index (χ2v) is 5.83. The predicted octanol–water partition coefficient (Wildman–Crippen LogP) is 5.13. The van der Waals surface area contributed by atoms with E-state index < -0.39 is 0 Å². The van der Waals surface area contributed by atoms with Gasteiger partial charge < -0.3 is 4.79 Å². The van der Waals surface area contributed by atoms with Gasteiger partial charge in [0.2, 0.25) is 0 Å². The Kier molecular flexibility index (Phi) is 8.38. The molecule has 0 spiro atoms. The zero-order chi connectivity index (χ0) is 12.3. The number of carbonyl (C=O) groups excluding carboxylic acids is 1. The molecule has 100 valence electrons. The molecule has 1 fully saturated rings. The second-order valence-electron chi connectivity index (χ2n) is 5.83. The predicted molar refractivity (Wildman–Crippen MR) is 74.1 cm³/mol. The Labute approximate surface area is 107 Å². The fourth-order valence-corrected chi connectivity index (χ4v) is 3.00. The first kappa shape index (κ1) is 14.7. The minimum atomic E-state index is 0.389. The lowest BCUT2D eigenvalue weighted by atomic mass is 9.80. The Morgan fingerprint density at radius 3 is 2.06 bits per heavy atom. The van der Waals surface area contributed by atoms with E-state index in [2.05, 4.69) is 6.92 Å². The van der Waals surface area contributed by atoms with Crippen LogP contribution in [0.25, 0.3) is 0 Å². The summed E-state index contributed by atoms with van der Waals surface area (Å²) in [6.45, 7) is 2.27. The highest BCUT2D eigenvalue weighted by Crippen LogP contribution is 2.31. The molecule has 1 saturated carbocycles. The smallest absolute Gasteiger partial charge is 0.123 e. The number of carbonyl (C=O) groups is 1. The van der Waals surface area contributed by atoms with Crippen LogP contribution in [0, 0.1) is 11.8 Å². The van der Waals surface area contributed by atoms with Crippen LogP contribution in [0.5, 0.6) is 0 Å². The van der Waals surface area contributed by atoms with E-state index in [0.29, 0.717) is 5.92 Å². The number of unbranched alkanes of at least 4 members (excludes halogenated alkanes) is 6. The van der Waals surface area contributed by atoms with Crippen molar-refractivity contribution in [1.82, 2.24) is 0 Å². The van der Waals surface area contributed by atoms with Crippen molar-refractivity contribution in [1.29, 1.82) is 0 Å². The highest BCUT2D eigenvalue weighted by molar-refractivity contribution is 5.53. The van der Waals surface area contributed by atoms with E-state index in [4.69, 9.17) is 0 Å². The van der Waals surface area contributed by atoms with Crippen LogP contribution in [-0.2, 0) is 4.79 Å². The first-order valence-electron chi connectivity index (χ1n) is 7.82. The molecule has 0 aromatic rings. The van der Waals surface area contributed by atoms with E-state index in [0.717, 1.165) is 18.8 Å².